The van der Waals surface area contributed by atoms with Crippen molar-refractivity contribution in [3.8, 4) is 0 Å². The third-order valence-electron chi connectivity index (χ3n) is 3.35. The molecule has 0 spiro atoms. The number of carbonyl (C=O) groups is 1. The summed E-state index contributed by atoms with van der Waals surface area (Å²) in [5, 5.41) is 9.89. The Balaban J connectivity index is 2.09. The molecule has 1 aromatic rings. The van der Waals surface area contributed by atoms with Crippen molar-refractivity contribution in [2.24, 2.45) is 0 Å². The van der Waals surface area contributed by atoms with Gasteiger partial charge in [0.2, 0.25) is 0 Å². The lowest BCUT2D eigenvalue weighted by molar-refractivity contribution is -0.145. The van der Waals surface area contributed by atoms with Crippen LogP contribution < -0.4 is 5.56 Å². The van der Waals surface area contributed by atoms with Crippen LogP contribution in [0.3, 0.4) is 0 Å². The molecule has 1 atom stereocenters. The summed E-state index contributed by atoms with van der Waals surface area (Å²) in [6.45, 7) is 2.17. The molecule has 0 amide bonds. The molecule has 2 rings (SSSR count). The second-order valence-corrected chi connectivity index (χ2v) is 4.77. The molecule has 1 N–H and O–H groups in total. The molecule has 0 fully saturated rings. The second kappa shape index (κ2) is 6.02. The van der Waals surface area contributed by atoms with Crippen LogP contribution in [0.5, 0.6) is 0 Å². The van der Waals surface area contributed by atoms with Crippen molar-refractivity contribution in [3.05, 3.63) is 33.7 Å². The summed E-state index contributed by atoms with van der Waals surface area (Å²) in [7, 11) is 0. The maximum atomic E-state index is 11.9. The van der Waals surface area contributed by atoms with Gasteiger partial charge in [-0.2, -0.15) is 0 Å². The molecule has 0 aliphatic heterocycles. The third-order valence-corrected chi connectivity index (χ3v) is 3.35. The van der Waals surface area contributed by atoms with Gasteiger partial charge in [-0.05, 0) is 31.7 Å². The fourth-order valence-corrected chi connectivity index (χ4v) is 2.52. The molecule has 0 bridgehead atoms. The van der Waals surface area contributed by atoms with Gasteiger partial charge in [-0.1, -0.05) is 6.07 Å². The van der Waals surface area contributed by atoms with Gasteiger partial charge in [-0.25, -0.2) is 0 Å². The Kier molecular flexibility index (Phi) is 4.37. The lowest BCUT2D eigenvalue weighted by Gasteiger charge is -2.15. The molecule has 0 saturated carbocycles. The first kappa shape index (κ1) is 13.8. The van der Waals surface area contributed by atoms with Crippen molar-refractivity contribution in [3.63, 3.8) is 0 Å². The number of nitrogens with zero attached hydrogens (tertiary/aromatic N) is 1. The minimum Gasteiger partial charge on any atom is -0.466 e. The Morgan fingerprint density at radius 2 is 2.26 bits per heavy atom. The lowest BCUT2D eigenvalue weighted by atomic mass is 10.2. The first-order valence-corrected chi connectivity index (χ1v) is 6.67. The Morgan fingerprint density at radius 3 is 3.00 bits per heavy atom. The van der Waals surface area contributed by atoms with Gasteiger partial charge in [0.25, 0.3) is 5.56 Å². The van der Waals surface area contributed by atoms with E-state index in [1.165, 1.54) is 11.6 Å². The molecule has 5 heteroatoms. The van der Waals surface area contributed by atoms with E-state index in [9.17, 15) is 14.7 Å². The summed E-state index contributed by atoms with van der Waals surface area (Å²) >= 11 is 0. The van der Waals surface area contributed by atoms with Crippen molar-refractivity contribution in [2.45, 2.75) is 45.3 Å². The van der Waals surface area contributed by atoms with E-state index < -0.39 is 12.1 Å². The predicted molar refractivity (Wildman–Crippen MR) is 70.0 cm³/mol. The molecule has 0 radical (unpaired) electrons. The van der Waals surface area contributed by atoms with E-state index in [1.54, 1.807) is 11.5 Å². The van der Waals surface area contributed by atoms with Gasteiger partial charge >= 0.3 is 5.97 Å². The summed E-state index contributed by atoms with van der Waals surface area (Å²) in [6, 6.07) is 3.39. The SMILES string of the molecule is CCOC(=O)CC(O)Cn1c2c(ccc1=O)CCC2. The zero-order chi connectivity index (χ0) is 13.8. The Hall–Kier alpha value is -1.62. The largest absolute Gasteiger partial charge is 0.466 e. The summed E-state index contributed by atoms with van der Waals surface area (Å²) in [5.41, 5.74) is 2.04. The van der Waals surface area contributed by atoms with Crippen molar-refractivity contribution in [2.75, 3.05) is 6.61 Å². The quantitative estimate of drug-likeness (QED) is 0.794. The van der Waals surface area contributed by atoms with Crippen LogP contribution in [0.2, 0.25) is 0 Å². The zero-order valence-electron chi connectivity index (χ0n) is 11.1. The number of esters is 1. The number of hydrogen-bond acceptors (Lipinski definition) is 4. The lowest BCUT2D eigenvalue weighted by Crippen LogP contribution is -2.30. The van der Waals surface area contributed by atoms with Crippen LogP contribution in [-0.2, 0) is 28.9 Å². The van der Waals surface area contributed by atoms with E-state index in [1.807, 2.05) is 6.07 Å². The van der Waals surface area contributed by atoms with Crippen LogP contribution in [0.15, 0.2) is 16.9 Å². The Morgan fingerprint density at radius 1 is 1.47 bits per heavy atom. The van der Waals surface area contributed by atoms with Gasteiger partial charge in [0.1, 0.15) is 0 Å². The van der Waals surface area contributed by atoms with E-state index in [4.69, 9.17) is 4.74 Å². The molecule has 1 unspecified atom stereocenters. The molecule has 0 aromatic carbocycles. The Bertz CT molecular complexity index is 521. The van der Waals surface area contributed by atoms with Crippen molar-refractivity contribution in [1.29, 1.82) is 0 Å². The zero-order valence-corrected chi connectivity index (χ0v) is 11.1. The van der Waals surface area contributed by atoms with Crippen LogP contribution in [0.25, 0.3) is 0 Å². The minimum absolute atomic E-state index is 0.0794. The highest BCUT2D eigenvalue weighted by atomic mass is 16.5. The fraction of sp³-hybridized carbons (Fsp3) is 0.571. The van der Waals surface area contributed by atoms with Gasteiger partial charge < -0.3 is 14.4 Å². The van der Waals surface area contributed by atoms with Crippen LogP contribution in [0.1, 0.15) is 31.0 Å². The second-order valence-electron chi connectivity index (χ2n) is 4.77. The predicted octanol–water partition coefficient (Wildman–Crippen LogP) is 0.651. The molecular formula is C14H19NO4. The topological polar surface area (TPSA) is 68.5 Å². The molecule has 104 valence electrons. The maximum absolute atomic E-state index is 11.9. The maximum Gasteiger partial charge on any atom is 0.308 e. The van der Waals surface area contributed by atoms with Crippen molar-refractivity contribution in [1.82, 2.24) is 4.57 Å². The smallest absolute Gasteiger partial charge is 0.308 e. The average Bonchev–Trinajstić information content (AvgIpc) is 2.81. The van der Waals surface area contributed by atoms with Gasteiger partial charge in [0.05, 0.1) is 25.7 Å². The van der Waals surface area contributed by atoms with E-state index in [-0.39, 0.29) is 18.5 Å². The van der Waals surface area contributed by atoms with Gasteiger partial charge in [0, 0.05) is 11.8 Å². The summed E-state index contributed by atoms with van der Waals surface area (Å²) in [6.07, 6.45) is 1.90. The number of aromatic nitrogens is 1. The number of aliphatic hydroxyl groups is 1. The van der Waals surface area contributed by atoms with Crippen LogP contribution in [0.4, 0.5) is 0 Å². The van der Waals surface area contributed by atoms with Gasteiger partial charge in [-0.15, -0.1) is 0 Å². The summed E-state index contributed by atoms with van der Waals surface area (Å²) < 4.78 is 6.38. The third kappa shape index (κ3) is 3.23. The first-order chi connectivity index (χ1) is 9.11. The van der Waals surface area contributed by atoms with Crippen LogP contribution in [0, 0.1) is 0 Å². The molecule has 1 aliphatic carbocycles. The fourth-order valence-electron chi connectivity index (χ4n) is 2.52. The molecule has 0 saturated heterocycles. The number of pyridine rings is 1. The number of aliphatic hydroxyl groups excluding tert-OH is 1. The van der Waals surface area contributed by atoms with E-state index >= 15 is 0 Å². The first-order valence-electron chi connectivity index (χ1n) is 6.67. The van der Waals surface area contributed by atoms with Gasteiger partial charge in [0.15, 0.2) is 0 Å². The van der Waals surface area contributed by atoms with E-state index in [0.717, 1.165) is 25.0 Å². The number of aryl methyl sites for hydroxylation is 1. The number of rotatable bonds is 5. The van der Waals surface area contributed by atoms with E-state index in [0.29, 0.717) is 6.61 Å². The summed E-state index contributed by atoms with van der Waals surface area (Å²) in [4.78, 5) is 23.2. The Labute approximate surface area is 111 Å². The highest BCUT2D eigenvalue weighted by Gasteiger charge is 2.19. The minimum atomic E-state index is -0.885. The molecule has 1 heterocycles. The van der Waals surface area contributed by atoms with Crippen LogP contribution >= 0.6 is 0 Å². The number of carbonyl (C=O) groups excluding carboxylic acids is 1. The summed E-state index contributed by atoms with van der Waals surface area (Å²) in [5.74, 6) is -0.435. The normalized spacial score (nSPS) is 15.1. The van der Waals surface area contributed by atoms with Gasteiger partial charge in [-0.3, -0.25) is 9.59 Å². The van der Waals surface area contributed by atoms with Crippen LogP contribution in [-0.4, -0.2) is 28.4 Å². The monoisotopic (exact) mass is 265 g/mol. The van der Waals surface area contributed by atoms with Crippen molar-refractivity contribution >= 4 is 5.97 Å². The van der Waals surface area contributed by atoms with Crippen molar-refractivity contribution < 1.29 is 14.6 Å². The molecule has 5 nitrogen and oxygen atoms in total. The van der Waals surface area contributed by atoms with E-state index in [2.05, 4.69) is 0 Å². The molecule has 1 aromatic heterocycles. The molecular weight excluding hydrogens is 246 g/mol. The molecule has 1 aliphatic rings. The average molecular weight is 265 g/mol. The highest BCUT2D eigenvalue weighted by Crippen LogP contribution is 2.20. The standard InChI is InChI=1S/C14H19NO4/c1-2-19-14(18)8-11(16)9-15-12-5-3-4-10(12)6-7-13(15)17/h6-7,11,16H,2-5,8-9H2,1H3. The number of hydrogen-bond donors (Lipinski definition) is 1. The number of ether oxygens (including phenoxy) is 1. The molecule has 19 heavy (non-hydrogen) atoms. The highest BCUT2D eigenvalue weighted by molar-refractivity contribution is 5.69. The number of fused-ring (bicyclic) bond motifs is 1.